The first-order valence-corrected chi connectivity index (χ1v) is 9.88. The third-order valence-corrected chi connectivity index (χ3v) is 5.91. The topological polar surface area (TPSA) is 62.3 Å². The standard InChI is InChI=1S/C22H23N3O4/c1-23-18-4-3-16(11-17(18)12-21(23)26)22(27)25-8-6-24(7-9-25)13-15-2-5-19-20(10-15)29-14-28-19/h2-5,10-11H,6-9,12-14H2,1H3. The lowest BCUT2D eigenvalue weighted by Crippen LogP contribution is -2.48. The minimum atomic E-state index is 0.0394. The van der Waals surface area contributed by atoms with Crippen molar-refractivity contribution in [3.8, 4) is 11.5 Å². The summed E-state index contributed by atoms with van der Waals surface area (Å²) in [4.78, 5) is 30.7. The number of rotatable bonds is 3. The summed E-state index contributed by atoms with van der Waals surface area (Å²) in [6.07, 6.45) is 0.371. The molecule has 2 aromatic carbocycles. The number of amides is 2. The van der Waals surface area contributed by atoms with Gasteiger partial charge in [-0.05, 0) is 41.5 Å². The van der Waals surface area contributed by atoms with Gasteiger partial charge in [-0.1, -0.05) is 6.07 Å². The molecule has 3 aliphatic heterocycles. The molecule has 2 amide bonds. The number of ether oxygens (including phenoxy) is 2. The second-order valence-electron chi connectivity index (χ2n) is 7.73. The Labute approximate surface area is 169 Å². The number of carbonyl (C=O) groups is 2. The quantitative estimate of drug-likeness (QED) is 0.797. The first-order chi connectivity index (χ1) is 14.1. The van der Waals surface area contributed by atoms with Gasteiger partial charge < -0.3 is 19.3 Å². The highest BCUT2D eigenvalue weighted by atomic mass is 16.7. The highest BCUT2D eigenvalue weighted by Crippen LogP contribution is 2.33. The van der Waals surface area contributed by atoms with Crippen molar-refractivity contribution in [2.24, 2.45) is 0 Å². The van der Waals surface area contributed by atoms with Gasteiger partial charge in [0.15, 0.2) is 11.5 Å². The minimum absolute atomic E-state index is 0.0394. The molecule has 0 bridgehead atoms. The van der Waals surface area contributed by atoms with Crippen LogP contribution in [-0.2, 0) is 17.8 Å². The number of piperazine rings is 1. The molecule has 29 heavy (non-hydrogen) atoms. The average Bonchev–Trinajstić information content (AvgIpc) is 3.31. The molecule has 7 heteroatoms. The summed E-state index contributed by atoms with van der Waals surface area (Å²) in [6, 6.07) is 11.6. The zero-order chi connectivity index (χ0) is 20.0. The Morgan fingerprint density at radius 1 is 1.00 bits per heavy atom. The first-order valence-electron chi connectivity index (χ1n) is 9.88. The van der Waals surface area contributed by atoms with E-state index < -0.39 is 0 Å². The molecule has 150 valence electrons. The van der Waals surface area contributed by atoms with Crippen molar-refractivity contribution in [3.63, 3.8) is 0 Å². The number of hydrogen-bond donors (Lipinski definition) is 0. The summed E-state index contributed by atoms with van der Waals surface area (Å²) in [7, 11) is 1.77. The van der Waals surface area contributed by atoms with Gasteiger partial charge >= 0.3 is 0 Å². The summed E-state index contributed by atoms with van der Waals surface area (Å²) in [5.74, 6) is 1.71. The van der Waals surface area contributed by atoms with Crippen molar-refractivity contribution >= 4 is 17.5 Å². The average molecular weight is 393 g/mol. The molecule has 7 nitrogen and oxygen atoms in total. The molecule has 1 fully saturated rings. The van der Waals surface area contributed by atoms with Gasteiger partial charge in [0.1, 0.15) is 0 Å². The Kier molecular flexibility index (Phi) is 4.39. The van der Waals surface area contributed by atoms with Crippen molar-refractivity contribution in [1.82, 2.24) is 9.80 Å². The lowest BCUT2D eigenvalue weighted by molar-refractivity contribution is -0.117. The molecule has 3 heterocycles. The Hall–Kier alpha value is -3.06. The summed E-state index contributed by atoms with van der Waals surface area (Å²) < 4.78 is 10.8. The molecule has 0 spiro atoms. The molecule has 0 aliphatic carbocycles. The molecule has 0 saturated carbocycles. The number of carbonyl (C=O) groups excluding carboxylic acids is 2. The molecule has 2 aromatic rings. The second-order valence-corrected chi connectivity index (χ2v) is 7.73. The van der Waals surface area contributed by atoms with Gasteiger partial charge in [0.2, 0.25) is 12.7 Å². The van der Waals surface area contributed by atoms with Crippen molar-refractivity contribution in [2.45, 2.75) is 13.0 Å². The van der Waals surface area contributed by atoms with Crippen LogP contribution in [0.1, 0.15) is 21.5 Å². The van der Waals surface area contributed by atoms with Gasteiger partial charge in [0.05, 0.1) is 6.42 Å². The van der Waals surface area contributed by atoms with Gasteiger partial charge in [-0.2, -0.15) is 0 Å². The van der Waals surface area contributed by atoms with Crippen LogP contribution in [-0.4, -0.2) is 61.6 Å². The van der Waals surface area contributed by atoms with Crippen LogP contribution in [0.25, 0.3) is 0 Å². The number of fused-ring (bicyclic) bond motifs is 2. The lowest BCUT2D eigenvalue weighted by Gasteiger charge is -2.35. The van der Waals surface area contributed by atoms with Crippen LogP contribution in [0.5, 0.6) is 11.5 Å². The summed E-state index contributed by atoms with van der Waals surface area (Å²) in [5.41, 5.74) is 3.68. The van der Waals surface area contributed by atoms with E-state index in [1.807, 2.05) is 35.2 Å². The van der Waals surface area contributed by atoms with Crippen molar-refractivity contribution < 1.29 is 19.1 Å². The summed E-state index contributed by atoms with van der Waals surface area (Å²) in [6.45, 7) is 4.15. The number of likely N-dealkylation sites (N-methyl/N-ethyl adjacent to an activating group) is 1. The maximum Gasteiger partial charge on any atom is 0.253 e. The second kappa shape index (κ2) is 7.08. The van der Waals surface area contributed by atoms with Crippen LogP contribution in [0.15, 0.2) is 36.4 Å². The smallest absolute Gasteiger partial charge is 0.253 e. The predicted octanol–water partition coefficient (Wildman–Crippen LogP) is 1.89. The van der Waals surface area contributed by atoms with Gasteiger partial charge in [-0.25, -0.2) is 0 Å². The van der Waals surface area contributed by atoms with Gasteiger partial charge in [0, 0.05) is 51.0 Å². The maximum absolute atomic E-state index is 12.9. The summed E-state index contributed by atoms with van der Waals surface area (Å²) >= 11 is 0. The van der Waals surface area contributed by atoms with E-state index >= 15 is 0 Å². The fourth-order valence-electron chi connectivity index (χ4n) is 4.19. The highest BCUT2D eigenvalue weighted by molar-refractivity contribution is 6.03. The Morgan fingerprint density at radius 3 is 2.62 bits per heavy atom. The molecule has 0 aromatic heterocycles. The monoisotopic (exact) mass is 393 g/mol. The Morgan fingerprint density at radius 2 is 1.79 bits per heavy atom. The van der Waals surface area contributed by atoms with Crippen LogP contribution in [0, 0.1) is 0 Å². The molecular weight excluding hydrogens is 370 g/mol. The molecule has 1 saturated heterocycles. The SMILES string of the molecule is CN1C(=O)Cc2cc(C(=O)N3CCN(Cc4ccc5c(c4)OCO5)CC3)ccc21. The lowest BCUT2D eigenvalue weighted by atomic mass is 10.1. The van der Waals surface area contributed by atoms with Crippen molar-refractivity contribution in [1.29, 1.82) is 0 Å². The summed E-state index contributed by atoms with van der Waals surface area (Å²) in [5, 5.41) is 0. The van der Waals surface area contributed by atoms with Gasteiger partial charge in [-0.15, -0.1) is 0 Å². The first kappa shape index (κ1) is 18.0. The number of nitrogens with zero attached hydrogens (tertiary/aromatic N) is 3. The van der Waals surface area contributed by atoms with E-state index in [2.05, 4.69) is 11.0 Å². The largest absolute Gasteiger partial charge is 0.454 e. The fourth-order valence-corrected chi connectivity index (χ4v) is 4.19. The number of hydrogen-bond acceptors (Lipinski definition) is 5. The van der Waals surface area contributed by atoms with Crippen LogP contribution in [0.2, 0.25) is 0 Å². The highest BCUT2D eigenvalue weighted by Gasteiger charge is 2.27. The van der Waals surface area contributed by atoms with Crippen LogP contribution >= 0.6 is 0 Å². The van der Waals surface area contributed by atoms with Gasteiger partial charge in [0.25, 0.3) is 5.91 Å². The van der Waals surface area contributed by atoms with Crippen molar-refractivity contribution in [2.75, 3.05) is 44.9 Å². The van der Waals surface area contributed by atoms with E-state index in [0.717, 1.165) is 42.4 Å². The van der Waals surface area contributed by atoms with Crippen LogP contribution in [0.4, 0.5) is 5.69 Å². The van der Waals surface area contributed by atoms with E-state index in [-0.39, 0.29) is 18.6 Å². The number of anilines is 1. The Balaban J connectivity index is 1.20. The van der Waals surface area contributed by atoms with E-state index in [9.17, 15) is 9.59 Å². The fraction of sp³-hybridized carbons (Fsp3) is 0.364. The third kappa shape index (κ3) is 3.31. The number of benzene rings is 2. The van der Waals surface area contributed by atoms with E-state index in [0.29, 0.717) is 25.1 Å². The molecule has 5 rings (SSSR count). The van der Waals surface area contributed by atoms with Gasteiger partial charge in [-0.3, -0.25) is 14.5 Å². The molecule has 0 radical (unpaired) electrons. The zero-order valence-corrected chi connectivity index (χ0v) is 16.4. The van der Waals surface area contributed by atoms with E-state index in [1.54, 1.807) is 11.9 Å². The molecule has 0 N–H and O–H groups in total. The maximum atomic E-state index is 12.9. The molecular formula is C22H23N3O4. The van der Waals surface area contributed by atoms with E-state index in [1.165, 1.54) is 5.56 Å². The van der Waals surface area contributed by atoms with Crippen LogP contribution < -0.4 is 14.4 Å². The zero-order valence-electron chi connectivity index (χ0n) is 16.4. The van der Waals surface area contributed by atoms with Crippen LogP contribution in [0.3, 0.4) is 0 Å². The Bertz CT molecular complexity index is 982. The predicted molar refractivity (Wildman–Crippen MR) is 107 cm³/mol. The molecule has 0 atom stereocenters. The molecule has 3 aliphatic rings. The van der Waals surface area contributed by atoms with Crippen molar-refractivity contribution in [3.05, 3.63) is 53.1 Å². The normalized spacial score (nSPS) is 18.3. The molecule has 0 unspecified atom stereocenters. The third-order valence-electron chi connectivity index (χ3n) is 5.91. The van der Waals surface area contributed by atoms with E-state index in [4.69, 9.17) is 9.47 Å². The minimum Gasteiger partial charge on any atom is -0.454 e.